The van der Waals surface area contributed by atoms with Gasteiger partial charge in [0.1, 0.15) is 11.2 Å². The Morgan fingerprint density at radius 1 is 0.509 bits per heavy atom. The molecule has 57 heavy (non-hydrogen) atoms. The van der Waals surface area contributed by atoms with E-state index in [1.54, 1.807) is 0 Å². The van der Waals surface area contributed by atoms with Crippen LogP contribution in [-0.2, 0) is 0 Å². The average molecular weight is 732 g/mol. The molecule has 2 atom stereocenters. The van der Waals surface area contributed by atoms with Crippen molar-refractivity contribution in [1.29, 1.82) is 0 Å². The number of aromatic nitrogens is 4. The molecule has 6 nitrogen and oxygen atoms in total. The quantitative estimate of drug-likeness (QED) is 0.176. The highest BCUT2D eigenvalue weighted by atomic mass is 16.3. The number of fused-ring (bicyclic) bond motifs is 10. The molecule has 0 amide bonds. The van der Waals surface area contributed by atoms with Crippen molar-refractivity contribution in [3.05, 3.63) is 194 Å². The predicted molar refractivity (Wildman–Crippen MR) is 231 cm³/mol. The average Bonchev–Trinajstić information content (AvgIpc) is 3.95. The Bertz CT molecular complexity index is 3250. The normalized spacial score (nSPS) is 15.9. The van der Waals surface area contributed by atoms with Crippen LogP contribution in [-0.4, -0.2) is 25.6 Å². The molecule has 0 saturated carbocycles. The van der Waals surface area contributed by atoms with Crippen LogP contribution in [0.3, 0.4) is 0 Å². The first-order valence-electron chi connectivity index (χ1n) is 19.4. The molecule has 6 heteroatoms. The van der Waals surface area contributed by atoms with Gasteiger partial charge in [0.25, 0.3) is 0 Å². The van der Waals surface area contributed by atoms with Gasteiger partial charge in [-0.2, -0.15) is 9.97 Å². The maximum atomic E-state index is 6.57. The van der Waals surface area contributed by atoms with Gasteiger partial charge in [0.15, 0.2) is 11.6 Å². The Labute approximate surface area is 328 Å². The lowest BCUT2D eigenvalue weighted by Crippen LogP contribution is -2.28. The molecule has 2 aliphatic rings. The fourth-order valence-electron chi connectivity index (χ4n) is 9.09. The third kappa shape index (κ3) is 4.87. The third-order valence-electron chi connectivity index (χ3n) is 11.6. The fraction of sp³-hybridized carbons (Fsp3) is 0.0392. The number of anilines is 2. The summed E-state index contributed by atoms with van der Waals surface area (Å²) < 4.78 is 8.82. The highest BCUT2D eigenvalue weighted by molar-refractivity contribution is 6.15. The molecule has 1 aliphatic carbocycles. The van der Waals surface area contributed by atoms with Gasteiger partial charge in [-0.3, -0.25) is 4.57 Å². The number of benzene rings is 7. The molecular weight excluding hydrogens is 699 g/mol. The standard InChI is InChI=1S/C51H33N5O/c1-4-15-32(16-5-1)36-23-14-26-44-46(36)41-28-27-34(31-45(41)57-44)50-52-49(33-17-6-2-7-18-33)53-51(54-50)56-43-25-13-11-22-38(43)40-30-29-39-37-21-10-12-24-42(37)55(47(39)48(40)56)35-19-8-3-9-20-35/h1-31,37,42H. The molecule has 0 saturated heterocycles. The molecule has 0 fully saturated rings. The van der Waals surface area contributed by atoms with Crippen molar-refractivity contribution in [3.63, 3.8) is 0 Å². The lowest BCUT2D eigenvalue weighted by atomic mass is 9.91. The van der Waals surface area contributed by atoms with Crippen LogP contribution < -0.4 is 4.90 Å². The molecule has 7 aromatic carbocycles. The Balaban J connectivity index is 1.12. The first-order chi connectivity index (χ1) is 28.3. The number of hydrogen-bond acceptors (Lipinski definition) is 5. The second-order valence-corrected chi connectivity index (χ2v) is 14.8. The monoisotopic (exact) mass is 731 g/mol. The van der Waals surface area contributed by atoms with Crippen molar-refractivity contribution in [3.8, 4) is 39.9 Å². The zero-order valence-electron chi connectivity index (χ0n) is 30.7. The van der Waals surface area contributed by atoms with Gasteiger partial charge < -0.3 is 9.32 Å². The number of allylic oxidation sites excluding steroid dienone is 2. The van der Waals surface area contributed by atoms with E-state index in [0.29, 0.717) is 17.6 Å². The first-order valence-corrected chi connectivity index (χ1v) is 19.4. The van der Waals surface area contributed by atoms with E-state index in [4.69, 9.17) is 19.4 Å². The van der Waals surface area contributed by atoms with E-state index in [1.165, 1.54) is 11.3 Å². The van der Waals surface area contributed by atoms with Gasteiger partial charge in [-0.15, -0.1) is 0 Å². The highest BCUT2D eigenvalue weighted by Gasteiger charge is 2.40. The highest BCUT2D eigenvalue weighted by Crippen LogP contribution is 2.52. The Morgan fingerprint density at radius 3 is 2.04 bits per heavy atom. The lowest BCUT2D eigenvalue weighted by Gasteiger charge is -2.29. The summed E-state index contributed by atoms with van der Waals surface area (Å²) in [6, 6.07) is 57.3. The SMILES string of the molecule is C1=CC2c3ccc4c5ccccc5n(-c5nc(-c6ccccc6)nc(-c6ccc7c(c6)oc6cccc(-c8ccccc8)c67)n5)c4c3N(c3ccccc3)C2C=C1. The minimum atomic E-state index is 0.135. The Kier molecular flexibility index (Phi) is 6.95. The van der Waals surface area contributed by atoms with Crippen LogP contribution in [0.25, 0.3) is 83.6 Å². The fourth-order valence-corrected chi connectivity index (χ4v) is 9.09. The minimum Gasteiger partial charge on any atom is -0.456 e. The molecule has 0 spiro atoms. The third-order valence-corrected chi connectivity index (χ3v) is 11.6. The van der Waals surface area contributed by atoms with E-state index in [-0.39, 0.29) is 12.0 Å². The maximum absolute atomic E-state index is 6.57. The number of para-hydroxylation sites is 2. The number of nitrogens with zero attached hydrogens (tertiary/aromatic N) is 5. The molecule has 3 aromatic heterocycles. The molecule has 1 aliphatic heterocycles. The van der Waals surface area contributed by atoms with Crippen LogP contribution in [0.4, 0.5) is 11.4 Å². The summed E-state index contributed by atoms with van der Waals surface area (Å²) in [5.74, 6) is 1.93. The number of hydrogen-bond donors (Lipinski definition) is 0. The van der Waals surface area contributed by atoms with Gasteiger partial charge in [0.05, 0.1) is 22.8 Å². The van der Waals surface area contributed by atoms with Gasteiger partial charge in [-0.25, -0.2) is 4.98 Å². The smallest absolute Gasteiger partial charge is 0.238 e. The van der Waals surface area contributed by atoms with Crippen LogP contribution in [0.1, 0.15) is 11.5 Å². The van der Waals surface area contributed by atoms with Crippen molar-refractivity contribution in [2.75, 3.05) is 4.90 Å². The van der Waals surface area contributed by atoms with Crippen molar-refractivity contribution in [2.45, 2.75) is 12.0 Å². The molecule has 268 valence electrons. The van der Waals surface area contributed by atoms with Gasteiger partial charge in [-0.05, 0) is 53.1 Å². The van der Waals surface area contributed by atoms with E-state index >= 15 is 0 Å². The summed E-state index contributed by atoms with van der Waals surface area (Å²) in [5, 5.41) is 4.44. The van der Waals surface area contributed by atoms with E-state index in [2.05, 4.69) is 167 Å². The predicted octanol–water partition coefficient (Wildman–Crippen LogP) is 12.6. The molecule has 0 radical (unpaired) electrons. The van der Waals surface area contributed by atoms with Crippen molar-refractivity contribution < 1.29 is 4.42 Å². The zero-order chi connectivity index (χ0) is 37.5. The van der Waals surface area contributed by atoms with E-state index in [0.717, 1.165) is 71.7 Å². The van der Waals surface area contributed by atoms with Gasteiger partial charge in [0.2, 0.25) is 5.95 Å². The summed E-state index contributed by atoms with van der Waals surface area (Å²) >= 11 is 0. The summed E-state index contributed by atoms with van der Waals surface area (Å²) in [7, 11) is 0. The summed E-state index contributed by atoms with van der Waals surface area (Å²) in [6.07, 6.45) is 8.99. The van der Waals surface area contributed by atoms with Crippen LogP contribution in [0.5, 0.6) is 0 Å². The zero-order valence-corrected chi connectivity index (χ0v) is 30.7. The Hall–Kier alpha value is -7.57. The van der Waals surface area contributed by atoms with E-state index in [9.17, 15) is 0 Å². The van der Waals surface area contributed by atoms with Crippen molar-refractivity contribution in [1.82, 2.24) is 19.5 Å². The summed E-state index contributed by atoms with van der Waals surface area (Å²) in [5.41, 5.74) is 11.4. The molecule has 4 heterocycles. The van der Waals surface area contributed by atoms with Crippen LogP contribution in [0.2, 0.25) is 0 Å². The number of furan rings is 1. The number of rotatable bonds is 5. The van der Waals surface area contributed by atoms with Gasteiger partial charge in [0, 0.05) is 44.3 Å². The molecule has 10 aromatic rings. The first kappa shape index (κ1) is 31.7. The van der Waals surface area contributed by atoms with Crippen LogP contribution >= 0.6 is 0 Å². The lowest BCUT2D eigenvalue weighted by molar-refractivity contribution is 0.669. The largest absolute Gasteiger partial charge is 0.456 e. The molecule has 12 rings (SSSR count). The molecular formula is C51H33N5O. The van der Waals surface area contributed by atoms with Crippen LogP contribution in [0, 0.1) is 0 Å². The molecule has 0 bridgehead atoms. The Morgan fingerprint density at radius 2 is 1.21 bits per heavy atom. The summed E-state index contributed by atoms with van der Waals surface area (Å²) in [6.45, 7) is 0. The molecule has 0 N–H and O–H groups in total. The topological polar surface area (TPSA) is 60.0 Å². The molecule has 2 unspecified atom stereocenters. The van der Waals surface area contributed by atoms with E-state index < -0.39 is 0 Å². The summed E-state index contributed by atoms with van der Waals surface area (Å²) in [4.78, 5) is 18.3. The van der Waals surface area contributed by atoms with E-state index in [1.807, 2.05) is 30.3 Å². The second kappa shape index (κ2) is 12.5. The van der Waals surface area contributed by atoms with Crippen LogP contribution in [0.15, 0.2) is 193 Å². The van der Waals surface area contributed by atoms with Gasteiger partial charge >= 0.3 is 0 Å². The van der Waals surface area contributed by atoms with Gasteiger partial charge in [-0.1, -0.05) is 152 Å². The minimum absolute atomic E-state index is 0.135. The maximum Gasteiger partial charge on any atom is 0.238 e. The van der Waals surface area contributed by atoms with Crippen molar-refractivity contribution in [2.24, 2.45) is 0 Å². The second-order valence-electron chi connectivity index (χ2n) is 14.8. The van der Waals surface area contributed by atoms with Crippen molar-refractivity contribution >= 4 is 55.1 Å².